The van der Waals surface area contributed by atoms with E-state index in [9.17, 15) is 23.2 Å². The number of carbonyl (C=O) groups is 3. The zero-order chi connectivity index (χ0) is 15.3. The molecule has 0 spiro atoms. The van der Waals surface area contributed by atoms with Gasteiger partial charge in [-0.25, -0.2) is 13.6 Å². The van der Waals surface area contributed by atoms with E-state index in [1.165, 1.54) is 0 Å². The number of aromatic carboxylic acids is 1. The molecule has 0 aliphatic carbocycles. The van der Waals surface area contributed by atoms with Gasteiger partial charge in [0.1, 0.15) is 11.6 Å². The van der Waals surface area contributed by atoms with Crippen molar-refractivity contribution >= 4 is 35.3 Å². The van der Waals surface area contributed by atoms with E-state index in [4.69, 9.17) is 10.2 Å². The SMILES string of the molecule is O=C(O)CSCC(=O)Nc1cc(C(=O)O)c(F)cc1F. The van der Waals surface area contributed by atoms with Crippen LogP contribution < -0.4 is 5.32 Å². The summed E-state index contributed by atoms with van der Waals surface area (Å²) in [4.78, 5) is 32.3. The maximum Gasteiger partial charge on any atom is 0.338 e. The number of hydrogen-bond donors (Lipinski definition) is 3. The number of benzene rings is 1. The van der Waals surface area contributed by atoms with Crippen LogP contribution in [0.2, 0.25) is 0 Å². The molecule has 1 aromatic rings. The predicted octanol–water partition coefficient (Wildman–Crippen LogP) is 1.42. The predicted molar refractivity (Wildman–Crippen MR) is 66.9 cm³/mol. The van der Waals surface area contributed by atoms with Gasteiger partial charge in [-0.2, -0.15) is 0 Å². The lowest BCUT2D eigenvalue weighted by Gasteiger charge is -2.07. The van der Waals surface area contributed by atoms with Crippen LogP contribution in [0.15, 0.2) is 12.1 Å². The average Bonchev–Trinajstić information content (AvgIpc) is 2.31. The standard InChI is InChI=1S/C11H9F2NO5S/c12-6-2-7(13)8(1-5(6)11(18)19)14-9(15)3-20-4-10(16)17/h1-2H,3-4H2,(H,14,15)(H,16,17)(H,18,19). The smallest absolute Gasteiger partial charge is 0.338 e. The second-order valence-corrected chi connectivity index (χ2v) is 4.54. The van der Waals surface area contributed by atoms with Crippen LogP contribution in [-0.2, 0) is 9.59 Å². The Kier molecular flexibility index (Phi) is 5.44. The molecule has 9 heteroatoms. The van der Waals surface area contributed by atoms with Crippen LogP contribution in [0.5, 0.6) is 0 Å². The lowest BCUT2D eigenvalue weighted by molar-refractivity contribution is -0.133. The van der Waals surface area contributed by atoms with Crippen LogP contribution in [-0.4, -0.2) is 39.6 Å². The zero-order valence-corrected chi connectivity index (χ0v) is 10.7. The van der Waals surface area contributed by atoms with E-state index >= 15 is 0 Å². The first kappa shape index (κ1) is 15.9. The Labute approximate surface area is 115 Å². The largest absolute Gasteiger partial charge is 0.481 e. The van der Waals surface area contributed by atoms with Gasteiger partial charge in [0.15, 0.2) is 0 Å². The minimum Gasteiger partial charge on any atom is -0.481 e. The van der Waals surface area contributed by atoms with Crippen LogP contribution in [0.1, 0.15) is 10.4 Å². The summed E-state index contributed by atoms with van der Waals surface area (Å²) < 4.78 is 26.5. The minimum atomic E-state index is -1.60. The van der Waals surface area contributed by atoms with Crippen molar-refractivity contribution in [3.05, 3.63) is 29.3 Å². The fourth-order valence-electron chi connectivity index (χ4n) is 1.23. The first-order valence-electron chi connectivity index (χ1n) is 5.13. The molecule has 6 nitrogen and oxygen atoms in total. The van der Waals surface area contributed by atoms with Gasteiger partial charge in [0.05, 0.1) is 22.8 Å². The number of rotatable bonds is 6. The van der Waals surface area contributed by atoms with Gasteiger partial charge in [0.25, 0.3) is 0 Å². The van der Waals surface area contributed by atoms with Crippen molar-refractivity contribution in [1.29, 1.82) is 0 Å². The molecule has 0 aromatic heterocycles. The summed E-state index contributed by atoms with van der Waals surface area (Å²) in [6.07, 6.45) is 0. The third kappa shape index (κ3) is 4.50. The molecule has 3 N–H and O–H groups in total. The highest BCUT2D eigenvalue weighted by Gasteiger charge is 2.16. The molecule has 1 rings (SSSR count). The van der Waals surface area contributed by atoms with E-state index in [0.29, 0.717) is 12.1 Å². The fraction of sp³-hybridized carbons (Fsp3) is 0.182. The lowest BCUT2D eigenvalue weighted by atomic mass is 10.2. The van der Waals surface area contributed by atoms with Crippen molar-refractivity contribution < 1.29 is 33.4 Å². The molecule has 0 radical (unpaired) electrons. The van der Waals surface area contributed by atoms with E-state index in [1.54, 1.807) is 0 Å². The summed E-state index contributed by atoms with van der Waals surface area (Å²) in [6, 6.07) is 1.01. The van der Waals surface area contributed by atoms with Gasteiger partial charge in [0.2, 0.25) is 5.91 Å². The van der Waals surface area contributed by atoms with Crippen LogP contribution in [0.25, 0.3) is 0 Å². The van der Waals surface area contributed by atoms with Gasteiger partial charge >= 0.3 is 11.9 Å². The number of hydrogen-bond acceptors (Lipinski definition) is 4. The normalized spacial score (nSPS) is 10.1. The number of amides is 1. The molecule has 0 saturated carbocycles. The molecule has 0 bridgehead atoms. The second kappa shape index (κ2) is 6.85. The number of halogens is 2. The number of carboxylic acids is 2. The Morgan fingerprint density at radius 1 is 1.10 bits per heavy atom. The van der Waals surface area contributed by atoms with E-state index < -0.39 is 40.7 Å². The fourth-order valence-corrected chi connectivity index (χ4v) is 1.76. The van der Waals surface area contributed by atoms with Crippen LogP contribution in [0, 0.1) is 11.6 Å². The van der Waals surface area contributed by atoms with Crippen LogP contribution in [0.3, 0.4) is 0 Å². The molecule has 0 atom stereocenters. The molecule has 0 aliphatic heterocycles. The molecule has 20 heavy (non-hydrogen) atoms. The molecule has 0 fully saturated rings. The third-order valence-corrected chi connectivity index (χ3v) is 2.94. The van der Waals surface area contributed by atoms with E-state index in [1.807, 2.05) is 5.32 Å². The Hall–Kier alpha value is -2.16. The van der Waals surface area contributed by atoms with Crippen molar-refractivity contribution in [1.82, 2.24) is 0 Å². The average molecular weight is 305 g/mol. The summed E-state index contributed by atoms with van der Waals surface area (Å²) in [5, 5.41) is 19.1. The van der Waals surface area contributed by atoms with Crippen molar-refractivity contribution in [3.8, 4) is 0 Å². The Bertz CT molecular complexity index is 564. The van der Waals surface area contributed by atoms with Gasteiger partial charge in [-0.05, 0) is 6.07 Å². The Morgan fingerprint density at radius 2 is 1.75 bits per heavy atom. The lowest BCUT2D eigenvalue weighted by Crippen LogP contribution is -2.17. The Balaban J connectivity index is 2.76. The third-order valence-electron chi connectivity index (χ3n) is 2.02. The maximum absolute atomic E-state index is 13.4. The molecular formula is C11H9F2NO5S. The van der Waals surface area contributed by atoms with Gasteiger partial charge in [-0.1, -0.05) is 0 Å². The maximum atomic E-state index is 13.4. The topological polar surface area (TPSA) is 104 Å². The van der Waals surface area contributed by atoms with E-state index in [2.05, 4.69) is 0 Å². The number of thioether (sulfide) groups is 1. The highest BCUT2D eigenvalue weighted by molar-refractivity contribution is 8.00. The van der Waals surface area contributed by atoms with E-state index in [-0.39, 0.29) is 11.5 Å². The van der Waals surface area contributed by atoms with Crippen molar-refractivity contribution in [2.45, 2.75) is 0 Å². The summed E-state index contributed by atoms with van der Waals surface area (Å²) in [7, 11) is 0. The number of carboxylic acid groups (broad SMARTS) is 2. The van der Waals surface area contributed by atoms with Gasteiger partial charge in [0, 0.05) is 6.07 Å². The number of carbonyl (C=O) groups excluding carboxylic acids is 1. The molecule has 1 aromatic carbocycles. The molecule has 0 unspecified atom stereocenters. The van der Waals surface area contributed by atoms with Gasteiger partial charge in [-0.15, -0.1) is 11.8 Å². The van der Waals surface area contributed by atoms with Crippen LogP contribution in [0.4, 0.5) is 14.5 Å². The van der Waals surface area contributed by atoms with Crippen molar-refractivity contribution in [2.75, 3.05) is 16.8 Å². The highest BCUT2D eigenvalue weighted by atomic mass is 32.2. The van der Waals surface area contributed by atoms with E-state index in [0.717, 1.165) is 11.8 Å². The summed E-state index contributed by atoms with van der Waals surface area (Å²) in [5.41, 5.74) is -1.26. The molecule has 0 saturated heterocycles. The molecule has 1 amide bonds. The molecule has 0 heterocycles. The number of anilines is 1. The van der Waals surface area contributed by atoms with Crippen molar-refractivity contribution in [2.24, 2.45) is 0 Å². The molecule has 0 aliphatic rings. The first-order valence-corrected chi connectivity index (χ1v) is 6.28. The minimum absolute atomic E-state index is 0.258. The van der Waals surface area contributed by atoms with Gasteiger partial charge in [-0.3, -0.25) is 9.59 Å². The summed E-state index contributed by atoms with van der Waals surface area (Å²) in [6.45, 7) is 0. The summed E-state index contributed by atoms with van der Waals surface area (Å²) >= 11 is 0.784. The monoisotopic (exact) mass is 305 g/mol. The number of nitrogens with one attached hydrogen (secondary N) is 1. The highest BCUT2D eigenvalue weighted by Crippen LogP contribution is 2.20. The van der Waals surface area contributed by atoms with Crippen LogP contribution >= 0.6 is 11.8 Å². The van der Waals surface area contributed by atoms with Gasteiger partial charge < -0.3 is 15.5 Å². The zero-order valence-electron chi connectivity index (χ0n) is 9.85. The van der Waals surface area contributed by atoms with Crippen molar-refractivity contribution in [3.63, 3.8) is 0 Å². The molecular weight excluding hydrogens is 296 g/mol. The first-order chi connectivity index (χ1) is 9.31. The quantitative estimate of drug-likeness (QED) is 0.734. The summed E-state index contributed by atoms with van der Waals surface area (Å²) in [5.74, 6) is -6.37. The number of aliphatic carboxylic acids is 1. The molecule has 108 valence electrons. The second-order valence-electron chi connectivity index (χ2n) is 3.55. The Morgan fingerprint density at radius 3 is 2.30 bits per heavy atom.